The van der Waals surface area contributed by atoms with Crippen LogP contribution in [-0.2, 0) is 13.1 Å². The number of hydrogen-bond acceptors (Lipinski definition) is 5. The van der Waals surface area contributed by atoms with E-state index in [2.05, 4.69) is 42.0 Å². The molecule has 23 heavy (non-hydrogen) atoms. The lowest BCUT2D eigenvalue weighted by Gasteiger charge is -2.15. The van der Waals surface area contributed by atoms with Crippen molar-refractivity contribution in [3.8, 4) is 0 Å². The van der Waals surface area contributed by atoms with Crippen molar-refractivity contribution in [2.75, 3.05) is 20.1 Å². The molecule has 0 amide bonds. The van der Waals surface area contributed by atoms with Gasteiger partial charge in [-0.1, -0.05) is 0 Å². The SMILES string of the molecule is Cc1nccn1CCCN(C)Cc1nc([C@H]2C[C@H](F)CN2)n[nH]1. The maximum Gasteiger partial charge on any atom is 0.167 e. The molecule has 0 aliphatic carbocycles. The molecule has 8 heteroatoms. The van der Waals surface area contributed by atoms with Crippen LogP contribution in [0.25, 0.3) is 0 Å². The lowest BCUT2D eigenvalue weighted by molar-refractivity contribution is 0.306. The van der Waals surface area contributed by atoms with Crippen molar-refractivity contribution in [2.45, 2.75) is 45.1 Å². The molecule has 0 aromatic carbocycles. The van der Waals surface area contributed by atoms with E-state index in [9.17, 15) is 4.39 Å². The Labute approximate surface area is 135 Å². The average Bonchev–Trinajstić information content (AvgIpc) is 3.22. The molecule has 2 atom stereocenters. The van der Waals surface area contributed by atoms with Crippen LogP contribution in [0.3, 0.4) is 0 Å². The minimum Gasteiger partial charge on any atom is -0.335 e. The number of alkyl halides is 1. The Kier molecular flexibility index (Phi) is 5.02. The summed E-state index contributed by atoms with van der Waals surface area (Å²) in [6.07, 6.45) is 4.54. The number of aryl methyl sites for hydroxylation is 2. The molecule has 3 rings (SSSR count). The van der Waals surface area contributed by atoms with Gasteiger partial charge in [0.25, 0.3) is 0 Å². The summed E-state index contributed by atoms with van der Waals surface area (Å²) in [5, 5.41) is 10.3. The van der Waals surface area contributed by atoms with Crippen molar-refractivity contribution in [1.29, 1.82) is 0 Å². The fourth-order valence-electron chi connectivity index (χ4n) is 2.91. The quantitative estimate of drug-likeness (QED) is 0.802. The third kappa shape index (κ3) is 4.14. The van der Waals surface area contributed by atoms with Gasteiger partial charge in [0, 0.05) is 38.4 Å². The number of halogens is 1. The largest absolute Gasteiger partial charge is 0.335 e. The van der Waals surface area contributed by atoms with Crippen LogP contribution < -0.4 is 5.32 Å². The number of rotatable bonds is 7. The van der Waals surface area contributed by atoms with Gasteiger partial charge in [0.15, 0.2) is 5.82 Å². The average molecular weight is 321 g/mol. The number of aromatic nitrogens is 5. The Morgan fingerprint density at radius 1 is 1.48 bits per heavy atom. The van der Waals surface area contributed by atoms with Gasteiger partial charge in [-0.2, -0.15) is 5.10 Å². The fourth-order valence-corrected chi connectivity index (χ4v) is 2.91. The molecular formula is C15H24FN7. The van der Waals surface area contributed by atoms with Crippen LogP contribution in [0.15, 0.2) is 12.4 Å². The van der Waals surface area contributed by atoms with E-state index in [1.807, 2.05) is 19.3 Å². The number of aromatic amines is 1. The monoisotopic (exact) mass is 321 g/mol. The highest BCUT2D eigenvalue weighted by Gasteiger charge is 2.27. The van der Waals surface area contributed by atoms with Gasteiger partial charge in [-0.05, 0) is 20.4 Å². The van der Waals surface area contributed by atoms with Crippen LogP contribution in [-0.4, -0.2) is 55.9 Å². The summed E-state index contributed by atoms with van der Waals surface area (Å²) in [6, 6.07) is -0.0653. The highest BCUT2D eigenvalue weighted by atomic mass is 19.1. The molecule has 2 aromatic heterocycles. The smallest absolute Gasteiger partial charge is 0.167 e. The summed E-state index contributed by atoms with van der Waals surface area (Å²) in [6.45, 7) is 5.03. The van der Waals surface area contributed by atoms with Gasteiger partial charge in [-0.3, -0.25) is 10.00 Å². The van der Waals surface area contributed by atoms with Crippen molar-refractivity contribution in [3.05, 3.63) is 29.9 Å². The molecule has 126 valence electrons. The Hall–Kier alpha value is -1.80. The number of nitrogens with one attached hydrogen (secondary N) is 2. The summed E-state index contributed by atoms with van der Waals surface area (Å²) in [4.78, 5) is 10.9. The Balaban J connectivity index is 1.44. The van der Waals surface area contributed by atoms with Crippen molar-refractivity contribution in [2.24, 2.45) is 0 Å². The second-order valence-electron chi connectivity index (χ2n) is 6.19. The number of nitrogens with zero attached hydrogens (tertiary/aromatic N) is 5. The van der Waals surface area contributed by atoms with E-state index >= 15 is 0 Å². The molecule has 3 heterocycles. The fraction of sp³-hybridized carbons (Fsp3) is 0.667. The van der Waals surface area contributed by atoms with Crippen LogP contribution in [0.4, 0.5) is 4.39 Å². The van der Waals surface area contributed by atoms with E-state index in [1.165, 1.54) is 0 Å². The first-order valence-corrected chi connectivity index (χ1v) is 8.06. The topological polar surface area (TPSA) is 74.7 Å². The standard InChI is InChI=1S/C15H24FN7/c1-11-17-4-7-23(11)6-3-5-22(2)10-14-19-15(21-20-14)13-8-12(16)9-18-13/h4,7,12-13,18H,3,5-6,8-10H2,1-2H3,(H,19,20,21)/t12-,13+/m0/s1. The molecular weight excluding hydrogens is 297 g/mol. The zero-order valence-corrected chi connectivity index (χ0v) is 13.7. The zero-order chi connectivity index (χ0) is 16.2. The summed E-state index contributed by atoms with van der Waals surface area (Å²) in [7, 11) is 2.06. The minimum absolute atomic E-state index is 0.0653. The summed E-state index contributed by atoms with van der Waals surface area (Å²) in [5.41, 5.74) is 0. The summed E-state index contributed by atoms with van der Waals surface area (Å²) < 4.78 is 15.4. The van der Waals surface area contributed by atoms with Gasteiger partial charge in [0.05, 0.1) is 12.6 Å². The lowest BCUT2D eigenvalue weighted by atomic mass is 10.2. The van der Waals surface area contributed by atoms with E-state index in [0.717, 1.165) is 31.2 Å². The second kappa shape index (κ2) is 7.18. The number of H-pyrrole nitrogens is 1. The van der Waals surface area contributed by atoms with Gasteiger partial charge in [0.1, 0.15) is 17.8 Å². The van der Waals surface area contributed by atoms with Gasteiger partial charge >= 0.3 is 0 Å². The van der Waals surface area contributed by atoms with E-state index in [-0.39, 0.29) is 6.04 Å². The molecule has 0 spiro atoms. The first-order valence-electron chi connectivity index (χ1n) is 8.06. The van der Waals surface area contributed by atoms with Crippen molar-refractivity contribution < 1.29 is 4.39 Å². The first-order chi connectivity index (χ1) is 11.1. The van der Waals surface area contributed by atoms with Crippen molar-refractivity contribution >= 4 is 0 Å². The minimum atomic E-state index is -0.795. The Morgan fingerprint density at radius 2 is 2.35 bits per heavy atom. The number of imidazole rings is 1. The molecule has 1 fully saturated rings. The molecule has 0 bridgehead atoms. The molecule has 1 aliphatic heterocycles. The van der Waals surface area contributed by atoms with Crippen LogP contribution in [0, 0.1) is 6.92 Å². The molecule has 7 nitrogen and oxygen atoms in total. The predicted octanol–water partition coefficient (Wildman–Crippen LogP) is 1.20. The third-order valence-corrected chi connectivity index (χ3v) is 4.22. The molecule has 2 N–H and O–H groups in total. The van der Waals surface area contributed by atoms with Crippen LogP contribution in [0.5, 0.6) is 0 Å². The van der Waals surface area contributed by atoms with Crippen LogP contribution >= 0.6 is 0 Å². The van der Waals surface area contributed by atoms with Crippen LogP contribution in [0.2, 0.25) is 0 Å². The van der Waals surface area contributed by atoms with Gasteiger partial charge in [-0.15, -0.1) is 0 Å². The van der Waals surface area contributed by atoms with E-state index in [1.54, 1.807) is 0 Å². The van der Waals surface area contributed by atoms with Gasteiger partial charge in [-0.25, -0.2) is 14.4 Å². The predicted molar refractivity (Wildman–Crippen MR) is 84.6 cm³/mol. The lowest BCUT2D eigenvalue weighted by Crippen LogP contribution is -2.21. The molecule has 2 aromatic rings. The van der Waals surface area contributed by atoms with E-state index < -0.39 is 6.17 Å². The summed E-state index contributed by atoms with van der Waals surface area (Å²) >= 11 is 0. The van der Waals surface area contributed by atoms with Crippen LogP contribution in [0.1, 0.15) is 36.4 Å². The van der Waals surface area contributed by atoms with Crippen molar-refractivity contribution in [1.82, 2.24) is 34.9 Å². The second-order valence-corrected chi connectivity index (χ2v) is 6.19. The normalized spacial score (nSPS) is 21.4. The molecule has 1 aliphatic rings. The molecule has 0 radical (unpaired) electrons. The highest BCUT2D eigenvalue weighted by molar-refractivity contribution is 5.00. The van der Waals surface area contributed by atoms with E-state index in [0.29, 0.717) is 25.3 Å². The molecule has 0 unspecified atom stereocenters. The first kappa shape index (κ1) is 16.1. The van der Waals surface area contributed by atoms with Gasteiger partial charge in [0.2, 0.25) is 0 Å². The Morgan fingerprint density at radius 3 is 3.04 bits per heavy atom. The van der Waals surface area contributed by atoms with Crippen molar-refractivity contribution in [3.63, 3.8) is 0 Å². The highest BCUT2D eigenvalue weighted by Crippen LogP contribution is 2.22. The van der Waals surface area contributed by atoms with Gasteiger partial charge < -0.3 is 9.88 Å². The molecule has 0 saturated carbocycles. The van der Waals surface area contributed by atoms with E-state index in [4.69, 9.17) is 0 Å². The maximum atomic E-state index is 13.2. The number of hydrogen-bond donors (Lipinski definition) is 2. The summed E-state index contributed by atoms with van der Waals surface area (Å²) in [5.74, 6) is 2.54. The third-order valence-electron chi connectivity index (χ3n) is 4.22. The molecule has 1 saturated heterocycles. The maximum absolute atomic E-state index is 13.2. The Bertz CT molecular complexity index is 623. The zero-order valence-electron chi connectivity index (χ0n) is 13.7.